The molecule has 2 aromatic carbocycles. The fourth-order valence-electron chi connectivity index (χ4n) is 2.19. The minimum atomic E-state index is -0.315. The van der Waals surface area contributed by atoms with E-state index < -0.39 is 0 Å². The van der Waals surface area contributed by atoms with Crippen molar-refractivity contribution in [2.45, 2.75) is 0 Å². The Morgan fingerprint density at radius 2 is 1.37 bits per heavy atom. The zero-order chi connectivity index (χ0) is 12.7. The molecule has 0 unspecified atom stereocenters. The van der Waals surface area contributed by atoms with Gasteiger partial charge in [-0.25, -0.2) is 5.26 Å². The van der Waals surface area contributed by atoms with Gasteiger partial charge in [-0.05, 0) is 6.07 Å². The third kappa shape index (κ3) is 1.93. The van der Waals surface area contributed by atoms with Crippen molar-refractivity contribution in [1.82, 2.24) is 0 Å². The van der Waals surface area contributed by atoms with E-state index in [0.717, 1.165) is 0 Å². The molecule has 0 aliphatic heterocycles. The van der Waals surface area contributed by atoms with Crippen LogP contribution in [0.2, 0.25) is 0 Å². The van der Waals surface area contributed by atoms with Crippen molar-refractivity contribution < 1.29 is 40.2 Å². The molecule has 4 nitrogen and oxygen atoms in total. The Morgan fingerprint density at radius 1 is 0.789 bits per heavy atom. The second-order valence-corrected chi connectivity index (χ2v) is 3.97. The van der Waals surface area contributed by atoms with Crippen LogP contribution in [0.4, 0.5) is 0 Å². The van der Waals surface area contributed by atoms with Gasteiger partial charge in [0, 0.05) is 37.1 Å². The Morgan fingerprint density at radius 3 is 2.00 bits per heavy atom. The maximum absolute atomic E-state index is 12.3. The third-order valence-electron chi connectivity index (χ3n) is 3.01. The van der Waals surface area contributed by atoms with Crippen molar-refractivity contribution >= 4 is 11.6 Å². The Kier molecular flexibility index (Phi) is 3.63. The Balaban J connectivity index is 0.00000133. The van der Waals surface area contributed by atoms with E-state index in [2.05, 4.69) is 4.89 Å². The predicted molar refractivity (Wildman–Crippen MR) is 63.0 cm³/mol. The first-order valence-electron chi connectivity index (χ1n) is 5.37. The van der Waals surface area contributed by atoms with E-state index in [-0.39, 0.29) is 48.9 Å². The van der Waals surface area contributed by atoms with E-state index in [9.17, 15) is 9.59 Å². The number of hydrogen-bond donors (Lipinski definition) is 1. The largest absolute Gasteiger partial charge is 0.339 e. The molecule has 2 aromatic rings. The summed E-state index contributed by atoms with van der Waals surface area (Å²) in [6.07, 6.45) is 0. The Labute approximate surface area is 122 Å². The topological polar surface area (TPSA) is 63.6 Å². The summed E-state index contributed by atoms with van der Waals surface area (Å²) in [4.78, 5) is 28.7. The van der Waals surface area contributed by atoms with Crippen LogP contribution < -0.4 is 4.89 Å². The molecule has 3 rings (SSSR count). The molecule has 0 radical (unpaired) electrons. The van der Waals surface area contributed by atoms with Crippen molar-refractivity contribution in [1.29, 1.82) is 0 Å². The van der Waals surface area contributed by atoms with Gasteiger partial charge in [-0.2, -0.15) is 0 Å². The number of carbonyl (C=O) groups is 2. The molecular formula is C14H8O4Pd. The normalized spacial score (nSPS) is 12.3. The molecule has 98 valence electrons. The van der Waals surface area contributed by atoms with Gasteiger partial charge >= 0.3 is 0 Å². The minimum absolute atomic E-state index is 0. The Bertz CT molecular complexity index is 679. The maximum Gasteiger partial charge on any atom is 0.198 e. The molecule has 19 heavy (non-hydrogen) atoms. The third-order valence-corrected chi connectivity index (χ3v) is 3.01. The van der Waals surface area contributed by atoms with Crippen LogP contribution in [0.3, 0.4) is 0 Å². The first-order chi connectivity index (χ1) is 8.74. The van der Waals surface area contributed by atoms with Crippen LogP contribution in [-0.2, 0) is 20.4 Å². The smallest absolute Gasteiger partial charge is 0.198 e. The maximum atomic E-state index is 12.3. The second kappa shape index (κ2) is 5.06. The second-order valence-electron chi connectivity index (χ2n) is 3.97. The zero-order valence-corrected chi connectivity index (χ0v) is 11.1. The molecule has 0 bridgehead atoms. The van der Waals surface area contributed by atoms with E-state index in [1.165, 1.54) is 6.07 Å². The number of rotatable bonds is 1. The summed E-state index contributed by atoms with van der Waals surface area (Å²) in [6, 6.07) is 11.2. The number of hydrogen-bond acceptors (Lipinski definition) is 4. The van der Waals surface area contributed by atoms with E-state index in [0.29, 0.717) is 11.1 Å². The molecule has 1 aliphatic rings. The van der Waals surface area contributed by atoms with Crippen LogP contribution in [0.15, 0.2) is 42.5 Å². The van der Waals surface area contributed by atoms with Gasteiger partial charge in [0.2, 0.25) is 0 Å². The molecule has 0 fully saturated rings. The number of benzene rings is 2. The Hall–Kier alpha value is -1.80. The SMILES string of the molecule is O=C1c2ccccc2C(=O)c2c(OO)cccc21.[Pd]. The summed E-state index contributed by atoms with van der Waals surface area (Å²) in [7, 11) is 0. The summed E-state index contributed by atoms with van der Waals surface area (Å²) in [5.41, 5.74) is 1.08. The van der Waals surface area contributed by atoms with Gasteiger partial charge in [-0.1, -0.05) is 36.4 Å². The van der Waals surface area contributed by atoms with Crippen LogP contribution in [0.25, 0.3) is 0 Å². The first-order valence-corrected chi connectivity index (χ1v) is 5.37. The molecule has 1 N–H and O–H groups in total. The van der Waals surface area contributed by atoms with Gasteiger partial charge in [0.1, 0.15) is 0 Å². The van der Waals surface area contributed by atoms with Crippen molar-refractivity contribution in [2.24, 2.45) is 0 Å². The van der Waals surface area contributed by atoms with E-state index in [4.69, 9.17) is 5.26 Å². The summed E-state index contributed by atoms with van der Waals surface area (Å²) in [6.45, 7) is 0. The minimum Gasteiger partial charge on any atom is -0.339 e. The molecule has 1 aliphatic carbocycles. The number of ketones is 2. The summed E-state index contributed by atoms with van der Waals surface area (Å²) >= 11 is 0. The fourth-order valence-corrected chi connectivity index (χ4v) is 2.19. The number of carbonyl (C=O) groups excluding carboxylic acids is 2. The van der Waals surface area contributed by atoms with Crippen molar-refractivity contribution in [2.75, 3.05) is 0 Å². The van der Waals surface area contributed by atoms with Crippen LogP contribution in [0.5, 0.6) is 5.75 Å². The van der Waals surface area contributed by atoms with Gasteiger partial charge in [-0.15, -0.1) is 0 Å². The molecule has 5 heteroatoms. The zero-order valence-electron chi connectivity index (χ0n) is 9.53. The molecular weight excluding hydrogens is 339 g/mol. The van der Waals surface area contributed by atoms with Gasteiger partial charge in [0.25, 0.3) is 0 Å². The van der Waals surface area contributed by atoms with Gasteiger partial charge in [-0.3, -0.25) is 9.59 Å². The quantitative estimate of drug-likeness (QED) is 0.417. The average Bonchev–Trinajstić information content (AvgIpc) is 2.44. The van der Waals surface area contributed by atoms with Gasteiger partial charge in [0.15, 0.2) is 17.3 Å². The molecule has 0 saturated carbocycles. The van der Waals surface area contributed by atoms with Crippen LogP contribution >= 0.6 is 0 Å². The average molecular weight is 347 g/mol. The molecule has 0 atom stereocenters. The van der Waals surface area contributed by atoms with E-state index in [1.807, 2.05) is 0 Å². The van der Waals surface area contributed by atoms with Gasteiger partial charge in [0.05, 0.1) is 5.56 Å². The standard InChI is InChI=1S/C14H8O4.Pd/c15-13-8-4-1-2-5-9(8)14(16)12-10(13)6-3-7-11(12)18-17;/h1-7,17H;. The number of fused-ring (bicyclic) bond motifs is 2. The molecule has 0 heterocycles. The van der Waals surface area contributed by atoms with E-state index >= 15 is 0 Å². The molecule has 0 saturated heterocycles. The monoisotopic (exact) mass is 346 g/mol. The van der Waals surface area contributed by atoms with Crippen molar-refractivity contribution in [3.63, 3.8) is 0 Å². The fraction of sp³-hybridized carbons (Fsp3) is 0. The first kappa shape index (κ1) is 13.6. The predicted octanol–water partition coefficient (Wildman–Crippen LogP) is 2.31. The van der Waals surface area contributed by atoms with Crippen LogP contribution in [0.1, 0.15) is 31.8 Å². The van der Waals surface area contributed by atoms with E-state index in [1.54, 1.807) is 36.4 Å². The summed E-state index contributed by atoms with van der Waals surface area (Å²) in [5.74, 6) is -0.552. The van der Waals surface area contributed by atoms with Crippen LogP contribution in [0, 0.1) is 0 Å². The van der Waals surface area contributed by atoms with Crippen LogP contribution in [-0.4, -0.2) is 16.8 Å². The molecule has 0 amide bonds. The van der Waals surface area contributed by atoms with Crippen molar-refractivity contribution in [3.05, 3.63) is 64.7 Å². The van der Waals surface area contributed by atoms with Gasteiger partial charge < -0.3 is 4.89 Å². The summed E-state index contributed by atoms with van der Waals surface area (Å²) < 4.78 is 0. The summed E-state index contributed by atoms with van der Waals surface area (Å²) in [5, 5.41) is 8.78. The molecule has 0 spiro atoms. The van der Waals surface area contributed by atoms with Crippen molar-refractivity contribution in [3.8, 4) is 5.75 Å². The molecule has 0 aromatic heterocycles.